The number of aliphatic imine (C=N–C) groups is 1. The number of carbonyl (C=O) groups excluding carboxylic acids is 1. The molecule has 30 heavy (non-hydrogen) atoms. The summed E-state index contributed by atoms with van der Waals surface area (Å²) in [7, 11) is 5.78. The van der Waals surface area contributed by atoms with E-state index in [2.05, 4.69) is 20.9 Å². The second-order valence-corrected chi connectivity index (χ2v) is 8.26. The summed E-state index contributed by atoms with van der Waals surface area (Å²) in [5.41, 5.74) is 1.76. The fourth-order valence-corrected chi connectivity index (χ4v) is 3.79. The molecule has 1 aromatic rings. The quantitative estimate of drug-likeness (QED) is 0.177. The Morgan fingerprint density at radius 1 is 1.10 bits per heavy atom. The van der Waals surface area contributed by atoms with Crippen LogP contribution in [0.1, 0.15) is 60.9 Å². The van der Waals surface area contributed by atoms with Crippen LogP contribution in [0.5, 0.6) is 0 Å². The van der Waals surface area contributed by atoms with E-state index in [1.807, 2.05) is 43.3 Å². The summed E-state index contributed by atoms with van der Waals surface area (Å²) in [5.74, 6) is 1.75. The standard InChI is InChI=1S/C23H39N5O.HI/c1-24-23(26-14-7-6-11-19-9-4-5-10-19)27-18-20-12-8-13-21(17-20)22(29)25-15-16-28(2)3;/h8,12-13,17,19H,4-7,9-11,14-16,18H2,1-3H3,(H,25,29)(H2,24,26,27);1H. The van der Waals surface area contributed by atoms with Crippen molar-refractivity contribution in [3.05, 3.63) is 35.4 Å². The van der Waals surface area contributed by atoms with Gasteiger partial charge in [0.1, 0.15) is 0 Å². The lowest BCUT2D eigenvalue weighted by Gasteiger charge is -2.13. The van der Waals surface area contributed by atoms with Crippen LogP contribution in [0.15, 0.2) is 29.3 Å². The molecule has 1 aliphatic rings. The van der Waals surface area contributed by atoms with Crippen LogP contribution in [0.3, 0.4) is 0 Å². The highest BCUT2D eigenvalue weighted by Crippen LogP contribution is 2.28. The van der Waals surface area contributed by atoms with Crippen molar-refractivity contribution >= 4 is 35.8 Å². The zero-order valence-corrected chi connectivity index (χ0v) is 21.2. The second-order valence-electron chi connectivity index (χ2n) is 8.26. The highest BCUT2D eigenvalue weighted by molar-refractivity contribution is 14.0. The molecule has 170 valence electrons. The molecule has 0 aliphatic heterocycles. The number of likely N-dealkylation sites (N-methyl/N-ethyl adjacent to an activating group) is 1. The molecule has 6 nitrogen and oxygen atoms in total. The molecule has 0 saturated heterocycles. The van der Waals surface area contributed by atoms with Gasteiger partial charge in [-0.1, -0.05) is 50.7 Å². The second kappa shape index (κ2) is 15.5. The van der Waals surface area contributed by atoms with E-state index in [0.29, 0.717) is 18.7 Å². The van der Waals surface area contributed by atoms with Gasteiger partial charge < -0.3 is 20.9 Å². The number of unbranched alkanes of at least 4 members (excludes halogenated alkanes) is 1. The van der Waals surface area contributed by atoms with E-state index in [1.54, 1.807) is 7.05 Å². The highest BCUT2D eigenvalue weighted by atomic mass is 127. The topological polar surface area (TPSA) is 68.8 Å². The minimum atomic E-state index is -0.0292. The van der Waals surface area contributed by atoms with Crippen molar-refractivity contribution in [2.75, 3.05) is 40.8 Å². The maximum atomic E-state index is 12.3. The van der Waals surface area contributed by atoms with Gasteiger partial charge in [-0.15, -0.1) is 24.0 Å². The molecule has 7 heteroatoms. The Labute approximate surface area is 199 Å². The van der Waals surface area contributed by atoms with E-state index in [9.17, 15) is 4.79 Å². The molecule has 0 radical (unpaired) electrons. The van der Waals surface area contributed by atoms with Gasteiger partial charge in [-0.2, -0.15) is 0 Å². The molecule has 1 aliphatic carbocycles. The van der Waals surface area contributed by atoms with Crippen LogP contribution in [-0.4, -0.2) is 57.5 Å². The molecule has 0 unspecified atom stereocenters. The first-order chi connectivity index (χ1) is 14.1. The number of nitrogens with zero attached hydrogens (tertiary/aromatic N) is 2. The molecule has 1 amide bonds. The number of hydrogen-bond donors (Lipinski definition) is 3. The number of rotatable bonds is 11. The highest BCUT2D eigenvalue weighted by Gasteiger charge is 2.13. The zero-order valence-electron chi connectivity index (χ0n) is 18.9. The number of hydrogen-bond acceptors (Lipinski definition) is 3. The Kier molecular flexibility index (Phi) is 13.7. The van der Waals surface area contributed by atoms with Crippen LogP contribution < -0.4 is 16.0 Å². The van der Waals surface area contributed by atoms with E-state index in [4.69, 9.17) is 0 Å². The van der Waals surface area contributed by atoms with Gasteiger partial charge in [0.15, 0.2) is 5.96 Å². The molecule has 0 aromatic heterocycles. The number of amides is 1. The molecular formula is C23H40IN5O. The van der Waals surface area contributed by atoms with Gasteiger partial charge in [0.05, 0.1) is 0 Å². The Balaban J connectivity index is 0.00000450. The smallest absolute Gasteiger partial charge is 0.251 e. The van der Waals surface area contributed by atoms with E-state index in [-0.39, 0.29) is 29.9 Å². The van der Waals surface area contributed by atoms with Gasteiger partial charge in [0, 0.05) is 38.8 Å². The number of guanidine groups is 1. The molecule has 2 rings (SSSR count). The van der Waals surface area contributed by atoms with E-state index in [1.165, 1.54) is 44.9 Å². The van der Waals surface area contributed by atoms with Crippen molar-refractivity contribution in [3.8, 4) is 0 Å². The van der Waals surface area contributed by atoms with E-state index >= 15 is 0 Å². The van der Waals surface area contributed by atoms with Crippen molar-refractivity contribution in [3.63, 3.8) is 0 Å². The number of carbonyl (C=O) groups is 1. The van der Waals surface area contributed by atoms with Crippen molar-refractivity contribution in [2.45, 2.75) is 51.5 Å². The third-order valence-corrected chi connectivity index (χ3v) is 5.52. The molecule has 0 spiro atoms. The summed E-state index contributed by atoms with van der Waals surface area (Å²) in [6, 6.07) is 7.74. The van der Waals surface area contributed by atoms with Gasteiger partial charge in [-0.3, -0.25) is 9.79 Å². The Morgan fingerprint density at radius 3 is 2.57 bits per heavy atom. The lowest BCUT2D eigenvalue weighted by atomic mass is 10.0. The maximum Gasteiger partial charge on any atom is 0.251 e. The molecule has 1 saturated carbocycles. The number of benzene rings is 1. The predicted molar refractivity (Wildman–Crippen MR) is 137 cm³/mol. The monoisotopic (exact) mass is 529 g/mol. The normalized spacial score (nSPS) is 14.5. The molecule has 0 bridgehead atoms. The number of halogens is 1. The SMILES string of the molecule is CN=C(NCCCCC1CCCC1)NCc1cccc(C(=O)NCCN(C)C)c1.I. The Morgan fingerprint density at radius 2 is 1.87 bits per heavy atom. The fraction of sp³-hybridized carbons (Fsp3) is 0.652. The van der Waals surface area contributed by atoms with Crippen molar-refractivity contribution in [1.29, 1.82) is 0 Å². The van der Waals surface area contributed by atoms with Crippen LogP contribution in [0.4, 0.5) is 0 Å². The summed E-state index contributed by atoms with van der Waals surface area (Å²) in [6.45, 7) is 3.06. The summed E-state index contributed by atoms with van der Waals surface area (Å²) in [5, 5.41) is 9.69. The molecule has 3 N–H and O–H groups in total. The van der Waals surface area contributed by atoms with Crippen LogP contribution in [-0.2, 0) is 6.54 Å². The fourth-order valence-electron chi connectivity index (χ4n) is 3.79. The average Bonchev–Trinajstić information content (AvgIpc) is 3.23. The number of nitrogens with one attached hydrogen (secondary N) is 3. The first kappa shape index (κ1) is 26.7. The minimum Gasteiger partial charge on any atom is -0.356 e. The summed E-state index contributed by atoms with van der Waals surface area (Å²) >= 11 is 0. The Hall–Kier alpha value is -1.35. The van der Waals surface area contributed by atoms with Crippen molar-refractivity contribution < 1.29 is 4.79 Å². The van der Waals surface area contributed by atoms with Gasteiger partial charge in [0.2, 0.25) is 0 Å². The Bertz CT molecular complexity index is 644. The van der Waals surface area contributed by atoms with Gasteiger partial charge >= 0.3 is 0 Å². The largest absolute Gasteiger partial charge is 0.356 e. The molecule has 1 fully saturated rings. The van der Waals surface area contributed by atoms with Crippen LogP contribution in [0.25, 0.3) is 0 Å². The molecule has 0 atom stereocenters. The van der Waals surface area contributed by atoms with Gasteiger partial charge in [-0.05, 0) is 44.1 Å². The summed E-state index contributed by atoms with van der Waals surface area (Å²) in [4.78, 5) is 18.6. The average molecular weight is 530 g/mol. The summed E-state index contributed by atoms with van der Waals surface area (Å²) < 4.78 is 0. The summed E-state index contributed by atoms with van der Waals surface area (Å²) in [6.07, 6.45) is 9.57. The lowest BCUT2D eigenvalue weighted by molar-refractivity contribution is 0.0951. The molecular weight excluding hydrogens is 489 g/mol. The van der Waals surface area contributed by atoms with Gasteiger partial charge in [0.25, 0.3) is 5.91 Å². The van der Waals surface area contributed by atoms with Crippen LogP contribution in [0, 0.1) is 5.92 Å². The third-order valence-electron chi connectivity index (χ3n) is 5.52. The predicted octanol–water partition coefficient (Wildman–Crippen LogP) is 3.62. The lowest BCUT2D eigenvalue weighted by Crippen LogP contribution is -2.37. The first-order valence-electron chi connectivity index (χ1n) is 11.0. The molecule has 0 heterocycles. The van der Waals surface area contributed by atoms with Crippen LogP contribution >= 0.6 is 24.0 Å². The third kappa shape index (κ3) is 10.6. The first-order valence-corrected chi connectivity index (χ1v) is 11.0. The van der Waals surface area contributed by atoms with Crippen molar-refractivity contribution in [1.82, 2.24) is 20.9 Å². The maximum absolute atomic E-state index is 12.3. The minimum absolute atomic E-state index is 0. The van der Waals surface area contributed by atoms with Crippen LogP contribution in [0.2, 0.25) is 0 Å². The molecule has 1 aromatic carbocycles. The zero-order chi connectivity index (χ0) is 20.9. The van der Waals surface area contributed by atoms with E-state index in [0.717, 1.165) is 30.5 Å². The van der Waals surface area contributed by atoms with E-state index < -0.39 is 0 Å². The van der Waals surface area contributed by atoms with Crippen molar-refractivity contribution in [2.24, 2.45) is 10.9 Å². The van der Waals surface area contributed by atoms with Gasteiger partial charge in [-0.25, -0.2) is 0 Å².